The Morgan fingerprint density at radius 1 is 1.29 bits per heavy atom. The molecule has 8 nitrogen and oxygen atoms in total. The third kappa shape index (κ3) is 8.01. The zero-order valence-electron chi connectivity index (χ0n) is 12.7. The third-order valence-electron chi connectivity index (χ3n) is 3.00. The van der Waals surface area contributed by atoms with Gasteiger partial charge in [0.15, 0.2) is 5.96 Å². The Balaban J connectivity index is 4.68. The van der Waals surface area contributed by atoms with Crippen LogP contribution in [0.2, 0.25) is 0 Å². The Bertz CT molecular complexity index is 356. The summed E-state index contributed by atoms with van der Waals surface area (Å²) in [7, 11) is 1.24. The topological polar surface area (TPSA) is 131 Å². The molecule has 21 heavy (non-hydrogen) atoms. The third-order valence-corrected chi connectivity index (χ3v) is 3.00. The number of hydrogen-bond acceptors (Lipinski definition) is 4. The molecular weight excluding hydrogens is 276 g/mol. The van der Waals surface area contributed by atoms with Crippen LogP contribution in [0.5, 0.6) is 0 Å². The second-order valence-corrected chi connectivity index (χ2v) is 4.67. The van der Waals surface area contributed by atoms with Gasteiger partial charge in [0.05, 0.1) is 7.11 Å². The first-order chi connectivity index (χ1) is 9.93. The zero-order valence-corrected chi connectivity index (χ0v) is 12.7. The van der Waals surface area contributed by atoms with Crippen LogP contribution in [-0.4, -0.2) is 54.3 Å². The van der Waals surface area contributed by atoms with Gasteiger partial charge in [-0.15, -0.1) is 0 Å². The molecule has 1 unspecified atom stereocenters. The van der Waals surface area contributed by atoms with Crippen molar-refractivity contribution in [1.82, 2.24) is 4.90 Å². The smallest absolute Gasteiger partial charge is 0.410 e. The minimum absolute atomic E-state index is 0.0327. The molecule has 5 N–H and O–H groups in total. The van der Waals surface area contributed by atoms with Crippen molar-refractivity contribution in [3.8, 4) is 0 Å². The van der Waals surface area contributed by atoms with Crippen LogP contribution in [0, 0.1) is 0 Å². The normalized spacial score (nSPS) is 11.5. The molecule has 1 amide bonds. The lowest BCUT2D eigenvalue weighted by Crippen LogP contribution is -2.45. The number of guanidine groups is 1. The SMILES string of the molecule is CCCCCN(C(=O)OC)C(CCCN=C(N)N)C(=O)O. The summed E-state index contributed by atoms with van der Waals surface area (Å²) in [4.78, 5) is 28.2. The Labute approximate surface area is 125 Å². The number of amides is 1. The molecule has 1 atom stereocenters. The number of aliphatic carboxylic acids is 1. The number of ether oxygens (including phenoxy) is 1. The monoisotopic (exact) mass is 302 g/mol. The highest BCUT2D eigenvalue weighted by Crippen LogP contribution is 2.12. The Morgan fingerprint density at radius 2 is 1.95 bits per heavy atom. The lowest BCUT2D eigenvalue weighted by molar-refractivity contribution is -0.143. The molecule has 0 radical (unpaired) electrons. The lowest BCUT2D eigenvalue weighted by atomic mass is 10.1. The van der Waals surface area contributed by atoms with Crippen molar-refractivity contribution >= 4 is 18.0 Å². The largest absolute Gasteiger partial charge is 0.480 e. The summed E-state index contributed by atoms with van der Waals surface area (Å²) in [5.41, 5.74) is 10.4. The molecule has 0 saturated carbocycles. The second kappa shape index (κ2) is 10.8. The molecule has 0 aliphatic rings. The van der Waals surface area contributed by atoms with Crippen molar-refractivity contribution in [3.05, 3.63) is 0 Å². The summed E-state index contributed by atoms with van der Waals surface area (Å²) in [5.74, 6) is -1.09. The van der Waals surface area contributed by atoms with Crippen LogP contribution in [0.3, 0.4) is 0 Å². The number of hydrogen-bond donors (Lipinski definition) is 3. The van der Waals surface area contributed by atoms with Gasteiger partial charge in [-0.1, -0.05) is 19.8 Å². The average molecular weight is 302 g/mol. The maximum Gasteiger partial charge on any atom is 0.410 e. The van der Waals surface area contributed by atoms with Crippen molar-refractivity contribution in [1.29, 1.82) is 0 Å². The number of carbonyl (C=O) groups excluding carboxylic acids is 1. The van der Waals surface area contributed by atoms with Crippen LogP contribution < -0.4 is 11.5 Å². The molecule has 0 aromatic heterocycles. The van der Waals surface area contributed by atoms with Crippen LogP contribution >= 0.6 is 0 Å². The molecule has 0 spiro atoms. The number of nitrogens with zero attached hydrogens (tertiary/aromatic N) is 2. The number of carbonyl (C=O) groups is 2. The van der Waals surface area contributed by atoms with Gasteiger partial charge in [0.2, 0.25) is 0 Å². The number of aliphatic imine (C=N–C) groups is 1. The van der Waals surface area contributed by atoms with Gasteiger partial charge < -0.3 is 21.3 Å². The Kier molecular flexibility index (Phi) is 9.74. The van der Waals surface area contributed by atoms with Crippen LogP contribution in [0.15, 0.2) is 4.99 Å². The standard InChI is InChI=1S/C13H26N4O4/c1-3-4-5-9-17(13(20)21-2)10(11(18)19)7-6-8-16-12(14)15/h10H,3-9H2,1-2H3,(H,18,19)(H4,14,15,16). The quantitative estimate of drug-likeness (QED) is 0.310. The highest BCUT2D eigenvalue weighted by atomic mass is 16.5. The molecule has 122 valence electrons. The van der Waals surface area contributed by atoms with E-state index >= 15 is 0 Å². The summed E-state index contributed by atoms with van der Waals surface area (Å²) in [6.07, 6.45) is 2.76. The van der Waals surface area contributed by atoms with Crippen molar-refractivity contribution in [2.45, 2.75) is 45.1 Å². The van der Waals surface area contributed by atoms with E-state index in [1.165, 1.54) is 12.0 Å². The summed E-state index contributed by atoms with van der Waals surface area (Å²) in [5, 5.41) is 9.32. The van der Waals surface area contributed by atoms with Gasteiger partial charge in [-0.05, 0) is 19.3 Å². The van der Waals surface area contributed by atoms with E-state index in [2.05, 4.69) is 9.73 Å². The van der Waals surface area contributed by atoms with Gasteiger partial charge in [0, 0.05) is 13.1 Å². The van der Waals surface area contributed by atoms with Crippen LogP contribution in [0.4, 0.5) is 4.79 Å². The fraction of sp³-hybridized carbons (Fsp3) is 0.769. The molecular formula is C13H26N4O4. The first-order valence-corrected chi connectivity index (χ1v) is 7.06. The summed E-state index contributed by atoms with van der Waals surface area (Å²) >= 11 is 0. The van der Waals surface area contributed by atoms with E-state index in [1.54, 1.807) is 0 Å². The summed E-state index contributed by atoms with van der Waals surface area (Å²) < 4.78 is 4.67. The van der Waals surface area contributed by atoms with Gasteiger partial charge in [0.25, 0.3) is 0 Å². The van der Waals surface area contributed by atoms with E-state index in [4.69, 9.17) is 11.5 Å². The minimum atomic E-state index is -1.05. The van der Waals surface area contributed by atoms with E-state index in [0.717, 1.165) is 19.3 Å². The minimum Gasteiger partial charge on any atom is -0.480 e. The van der Waals surface area contributed by atoms with Crippen molar-refractivity contribution in [3.63, 3.8) is 0 Å². The zero-order chi connectivity index (χ0) is 16.3. The molecule has 0 bridgehead atoms. The van der Waals surface area contributed by atoms with Crippen molar-refractivity contribution in [2.75, 3.05) is 20.2 Å². The summed E-state index contributed by atoms with van der Waals surface area (Å²) in [6.45, 7) is 2.72. The second-order valence-electron chi connectivity index (χ2n) is 4.67. The van der Waals surface area contributed by atoms with E-state index in [-0.39, 0.29) is 12.4 Å². The Morgan fingerprint density at radius 3 is 2.43 bits per heavy atom. The molecule has 0 aliphatic carbocycles. The number of carboxylic acids is 1. The van der Waals surface area contributed by atoms with Gasteiger partial charge in [-0.3, -0.25) is 9.89 Å². The van der Waals surface area contributed by atoms with Crippen LogP contribution in [0.1, 0.15) is 39.0 Å². The number of unbranched alkanes of at least 4 members (excludes halogenated alkanes) is 2. The fourth-order valence-corrected chi connectivity index (χ4v) is 1.93. The van der Waals surface area contributed by atoms with E-state index in [0.29, 0.717) is 19.5 Å². The highest BCUT2D eigenvalue weighted by molar-refractivity contribution is 5.80. The highest BCUT2D eigenvalue weighted by Gasteiger charge is 2.29. The number of methoxy groups -OCH3 is 1. The maximum atomic E-state index is 11.8. The predicted molar refractivity (Wildman–Crippen MR) is 80.0 cm³/mol. The van der Waals surface area contributed by atoms with Crippen molar-refractivity contribution < 1.29 is 19.4 Å². The maximum absolute atomic E-state index is 11.8. The molecule has 0 aromatic rings. The average Bonchev–Trinajstić information content (AvgIpc) is 2.43. The molecule has 0 aliphatic heterocycles. The first-order valence-electron chi connectivity index (χ1n) is 7.06. The number of nitrogens with two attached hydrogens (primary N) is 2. The van der Waals surface area contributed by atoms with Gasteiger partial charge in [-0.25, -0.2) is 9.59 Å². The van der Waals surface area contributed by atoms with Gasteiger partial charge in [-0.2, -0.15) is 0 Å². The van der Waals surface area contributed by atoms with E-state index < -0.39 is 18.1 Å². The fourth-order valence-electron chi connectivity index (χ4n) is 1.93. The van der Waals surface area contributed by atoms with Crippen molar-refractivity contribution in [2.24, 2.45) is 16.5 Å². The molecule has 0 rings (SSSR count). The van der Waals surface area contributed by atoms with Gasteiger partial charge >= 0.3 is 12.1 Å². The predicted octanol–water partition coefficient (Wildman–Crippen LogP) is 0.752. The molecule has 0 saturated heterocycles. The number of rotatable bonds is 10. The molecule has 0 aromatic carbocycles. The van der Waals surface area contributed by atoms with Crippen LogP contribution in [-0.2, 0) is 9.53 Å². The van der Waals surface area contributed by atoms with E-state index in [1.807, 2.05) is 6.92 Å². The molecule has 8 heteroatoms. The van der Waals surface area contributed by atoms with E-state index in [9.17, 15) is 14.7 Å². The lowest BCUT2D eigenvalue weighted by Gasteiger charge is -2.27. The number of carboxylic acid groups (broad SMARTS) is 1. The summed E-state index contributed by atoms with van der Waals surface area (Å²) in [6, 6.07) is -0.927. The van der Waals surface area contributed by atoms with Gasteiger partial charge in [0.1, 0.15) is 6.04 Å². The van der Waals surface area contributed by atoms with Crippen LogP contribution in [0.25, 0.3) is 0 Å². The Hall–Kier alpha value is -1.99. The molecule has 0 heterocycles. The first kappa shape index (κ1) is 19.0. The molecule has 0 fully saturated rings.